The van der Waals surface area contributed by atoms with Crippen molar-refractivity contribution in [1.82, 2.24) is 15.1 Å². The van der Waals surface area contributed by atoms with Gasteiger partial charge in [0.15, 0.2) is 0 Å². The van der Waals surface area contributed by atoms with Crippen molar-refractivity contribution in [2.45, 2.75) is 38.6 Å². The molecule has 0 atom stereocenters. The molecular formula is C11H18N4O. The maximum Gasteiger partial charge on any atom is 0.0893 e. The van der Waals surface area contributed by atoms with Crippen LogP contribution < -0.4 is 11.1 Å². The maximum atomic E-state index is 5.72. The molecular weight excluding hydrogens is 204 g/mol. The van der Waals surface area contributed by atoms with E-state index >= 15 is 0 Å². The van der Waals surface area contributed by atoms with Gasteiger partial charge in [-0.2, -0.15) is 5.10 Å². The van der Waals surface area contributed by atoms with E-state index in [4.69, 9.17) is 10.5 Å². The number of aromatic nitrogens is 2. The van der Waals surface area contributed by atoms with Crippen LogP contribution in [-0.4, -0.2) is 22.9 Å². The first-order chi connectivity index (χ1) is 7.90. The van der Waals surface area contributed by atoms with E-state index in [-0.39, 0.29) is 0 Å². The van der Waals surface area contributed by atoms with Gasteiger partial charge < -0.3 is 15.8 Å². The van der Waals surface area contributed by atoms with Crippen molar-refractivity contribution in [3.63, 3.8) is 0 Å². The Morgan fingerprint density at radius 2 is 2.19 bits per heavy atom. The first-order valence-corrected chi connectivity index (χ1v) is 5.98. The van der Waals surface area contributed by atoms with Crippen molar-refractivity contribution < 1.29 is 4.74 Å². The number of rotatable bonds is 2. The lowest BCUT2D eigenvalue weighted by Crippen LogP contribution is -2.30. The van der Waals surface area contributed by atoms with Gasteiger partial charge in [0.2, 0.25) is 0 Å². The fraction of sp³-hybridized carbons (Fsp3) is 0.727. The Morgan fingerprint density at radius 1 is 1.38 bits per heavy atom. The molecule has 16 heavy (non-hydrogen) atoms. The molecule has 1 fully saturated rings. The molecule has 5 heteroatoms. The minimum atomic E-state index is 0.518. The fourth-order valence-corrected chi connectivity index (χ4v) is 2.64. The predicted octanol–water partition coefficient (Wildman–Crippen LogP) is 0.296. The van der Waals surface area contributed by atoms with E-state index in [1.807, 2.05) is 0 Å². The van der Waals surface area contributed by atoms with Crippen LogP contribution in [0.25, 0.3) is 0 Å². The van der Waals surface area contributed by atoms with Crippen molar-refractivity contribution >= 4 is 0 Å². The molecule has 0 unspecified atom stereocenters. The predicted molar refractivity (Wildman–Crippen MR) is 59.8 cm³/mol. The van der Waals surface area contributed by atoms with Gasteiger partial charge in [0.05, 0.1) is 30.6 Å². The van der Waals surface area contributed by atoms with Gasteiger partial charge in [-0.15, -0.1) is 0 Å². The fourth-order valence-electron chi connectivity index (χ4n) is 2.64. The second-order valence-corrected chi connectivity index (χ2v) is 4.49. The zero-order valence-corrected chi connectivity index (χ0v) is 9.41. The molecule has 0 amide bonds. The van der Waals surface area contributed by atoms with Crippen molar-refractivity contribution in [2.75, 3.05) is 13.1 Å². The molecule has 3 heterocycles. The van der Waals surface area contributed by atoms with E-state index in [0.29, 0.717) is 25.8 Å². The molecule has 1 aromatic heterocycles. The molecule has 3 N–H and O–H groups in total. The number of hydrogen-bond acceptors (Lipinski definition) is 4. The van der Waals surface area contributed by atoms with Crippen LogP contribution in [0.4, 0.5) is 0 Å². The van der Waals surface area contributed by atoms with Crippen LogP contribution in [0, 0.1) is 0 Å². The van der Waals surface area contributed by atoms with Gasteiger partial charge in [-0.3, -0.25) is 4.68 Å². The molecule has 0 aliphatic carbocycles. The van der Waals surface area contributed by atoms with Crippen LogP contribution >= 0.6 is 0 Å². The number of nitrogens with one attached hydrogen (secondary N) is 1. The smallest absolute Gasteiger partial charge is 0.0893 e. The highest BCUT2D eigenvalue weighted by Gasteiger charge is 2.26. The average Bonchev–Trinajstić information content (AvgIpc) is 2.91. The summed E-state index contributed by atoms with van der Waals surface area (Å²) in [6, 6.07) is 0.525. The summed E-state index contributed by atoms with van der Waals surface area (Å²) in [5.74, 6) is 0. The quantitative estimate of drug-likeness (QED) is 0.755. The molecule has 5 nitrogen and oxygen atoms in total. The Hall–Kier alpha value is -0.910. The molecule has 0 bridgehead atoms. The Balaban J connectivity index is 1.94. The molecule has 0 saturated carbocycles. The normalized spacial score (nSPS) is 21.3. The molecule has 1 saturated heterocycles. The molecule has 2 aliphatic rings. The lowest BCUT2D eigenvalue weighted by molar-refractivity contribution is 0.126. The number of hydrogen-bond donors (Lipinski definition) is 2. The van der Waals surface area contributed by atoms with E-state index in [0.717, 1.165) is 31.6 Å². The first-order valence-electron chi connectivity index (χ1n) is 5.98. The lowest BCUT2D eigenvalue weighted by Gasteiger charge is -2.24. The van der Waals surface area contributed by atoms with Gasteiger partial charge in [0, 0.05) is 12.1 Å². The largest absolute Gasteiger partial charge is 0.370 e. The molecule has 2 aliphatic heterocycles. The summed E-state index contributed by atoms with van der Waals surface area (Å²) >= 11 is 0. The lowest BCUT2D eigenvalue weighted by atomic mass is 10.1. The Bertz CT molecular complexity index is 382. The highest BCUT2D eigenvalue weighted by Crippen LogP contribution is 2.28. The SMILES string of the molecule is NCc1nn(C2CCNCC2)c2c1COC2. The molecule has 3 rings (SSSR count). The average molecular weight is 222 g/mol. The van der Waals surface area contributed by atoms with Gasteiger partial charge >= 0.3 is 0 Å². The van der Waals surface area contributed by atoms with E-state index < -0.39 is 0 Å². The van der Waals surface area contributed by atoms with Gasteiger partial charge in [-0.1, -0.05) is 0 Å². The minimum Gasteiger partial charge on any atom is -0.370 e. The number of piperidine rings is 1. The van der Waals surface area contributed by atoms with Crippen molar-refractivity contribution in [2.24, 2.45) is 5.73 Å². The van der Waals surface area contributed by atoms with Crippen molar-refractivity contribution in [1.29, 1.82) is 0 Å². The van der Waals surface area contributed by atoms with E-state index in [9.17, 15) is 0 Å². The zero-order chi connectivity index (χ0) is 11.0. The third kappa shape index (κ3) is 1.55. The first kappa shape index (κ1) is 10.3. The second-order valence-electron chi connectivity index (χ2n) is 4.49. The maximum absolute atomic E-state index is 5.72. The highest BCUT2D eigenvalue weighted by atomic mass is 16.5. The van der Waals surface area contributed by atoms with Crippen LogP contribution in [0.2, 0.25) is 0 Å². The third-order valence-electron chi connectivity index (χ3n) is 3.53. The summed E-state index contributed by atoms with van der Waals surface area (Å²) in [5, 5.41) is 8.03. The van der Waals surface area contributed by atoms with Crippen molar-refractivity contribution in [3.8, 4) is 0 Å². The van der Waals surface area contributed by atoms with Gasteiger partial charge in [-0.25, -0.2) is 0 Å². The van der Waals surface area contributed by atoms with Crippen molar-refractivity contribution in [3.05, 3.63) is 17.0 Å². The van der Waals surface area contributed by atoms with E-state index in [1.54, 1.807) is 0 Å². The number of nitrogens with zero attached hydrogens (tertiary/aromatic N) is 2. The Morgan fingerprint density at radius 3 is 2.94 bits per heavy atom. The number of fused-ring (bicyclic) bond motifs is 1. The topological polar surface area (TPSA) is 65.1 Å². The number of ether oxygens (including phenoxy) is 1. The zero-order valence-electron chi connectivity index (χ0n) is 9.41. The molecule has 1 aromatic rings. The summed E-state index contributed by atoms with van der Waals surface area (Å²) in [6.45, 7) is 4.07. The summed E-state index contributed by atoms with van der Waals surface area (Å²) in [7, 11) is 0. The van der Waals surface area contributed by atoms with Crippen LogP contribution in [0.15, 0.2) is 0 Å². The van der Waals surface area contributed by atoms with Gasteiger partial charge in [0.1, 0.15) is 0 Å². The van der Waals surface area contributed by atoms with E-state index in [1.165, 1.54) is 11.3 Å². The third-order valence-corrected chi connectivity index (χ3v) is 3.53. The second kappa shape index (κ2) is 4.16. The minimum absolute atomic E-state index is 0.518. The van der Waals surface area contributed by atoms with Crippen LogP contribution in [0.5, 0.6) is 0 Å². The summed E-state index contributed by atoms with van der Waals surface area (Å²) in [6.07, 6.45) is 2.30. The van der Waals surface area contributed by atoms with Crippen LogP contribution in [-0.2, 0) is 24.5 Å². The number of nitrogens with two attached hydrogens (primary N) is 1. The van der Waals surface area contributed by atoms with Gasteiger partial charge in [-0.05, 0) is 25.9 Å². The summed E-state index contributed by atoms with van der Waals surface area (Å²) < 4.78 is 7.67. The Labute approximate surface area is 94.9 Å². The molecule has 88 valence electrons. The van der Waals surface area contributed by atoms with E-state index in [2.05, 4.69) is 15.1 Å². The summed E-state index contributed by atoms with van der Waals surface area (Å²) in [4.78, 5) is 0. The van der Waals surface area contributed by atoms with Crippen LogP contribution in [0.1, 0.15) is 35.8 Å². The molecule has 0 spiro atoms. The summed E-state index contributed by atoms with van der Waals surface area (Å²) in [5.41, 5.74) is 9.24. The molecule has 0 aromatic carbocycles. The highest BCUT2D eigenvalue weighted by molar-refractivity contribution is 5.28. The van der Waals surface area contributed by atoms with Gasteiger partial charge in [0.25, 0.3) is 0 Å². The standard InChI is InChI=1S/C11H18N4O/c12-5-10-9-6-16-7-11(9)15(14-10)8-1-3-13-4-2-8/h8,13H,1-7,12H2. The Kier molecular flexibility index (Phi) is 2.67. The van der Waals surface area contributed by atoms with Crippen LogP contribution in [0.3, 0.4) is 0 Å². The molecule has 0 radical (unpaired) electrons. The monoisotopic (exact) mass is 222 g/mol.